The molecule has 1 spiro atoms. The van der Waals surface area contributed by atoms with Crippen LogP contribution in [-0.2, 0) is 9.53 Å². The molecular formula is C15H25NO2. The Morgan fingerprint density at radius 1 is 1.17 bits per heavy atom. The van der Waals surface area contributed by atoms with Crippen molar-refractivity contribution in [3.05, 3.63) is 0 Å². The molecule has 2 saturated heterocycles. The number of hydrogen-bond donors (Lipinski definition) is 0. The van der Waals surface area contributed by atoms with E-state index in [-0.39, 0.29) is 5.60 Å². The van der Waals surface area contributed by atoms with E-state index in [0.29, 0.717) is 18.4 Å². The minimum Gasteiger partial charge on any atom is -0.370 e. The number of nitrogens with zero attached hydrogens (tertiary/aromatic N) is 1. The molecule has 2 heterocycles. The summed E-state index contributed by atoms with van der Waals surface area (Å²) in [5, 5.41) is 0. The zero-order chi connectivity index (χ0) is 12.4. The van der Waals surface area contributed by atoms with Crippen molar-refractivity contribution < 1.29 is 9.53 Å². The Hall–Kier alpha value is -0.410. The van der Waals surface area contributed by atoms with Crippen LogP contribution in [0.4, 0.5) is 0 Å². The van der Waals surface area contributed by atoms with Crippen molar-refractivity contribution in [3.63, 3.8) is 0 Å². The van der Waals surface area contributed by atoms with Gasteiger partial charge in [0, 0.05) is 13.0 Å². The van der Waals surface area contributed by atoms with Gasteiger partial charge in [-0.1, -0.05) is 19.3 Å². The number of likely N-dealkylation sites (tertiary alicyclic amines) is 1. The Kier molecular flexibility index (Phi) is 3.71. The summed E-state index contributed by atoms with van der Waals surface area (Å²) in [6.45, 7) is 2.72. The highest BCUT2D eigenvalue weighted by atomic mass is 16.5. The maximum Gasteiger partial charge on any atom is 0.146 e. The standard InChI is InChI=1S/C15H25NO2/c17-13-5-4-10-16(11-13)12-14-6-9-15(18-14)7-2-1-3-8-15/h14H,1-12H2. The predicted molar refractivity (Wildman–Crippen MR) is 70.6 cm³/mol. The lowest BCUT2D eigenvalue weighted by molar-refractivity contribution is -0.123. The molecular weight excluding hydrogens is 226 g/mol. The van der Waals surface area contributed by atoms with Crippen LogP contribution in [0, 0.1) is 0 Å². The Morgan fingerprint density at radius 3 is 2.78 bits per heavy atom. The van der Waals surface area contributed by atoms with Crippen molar-refractivity contribution in [2.75, 3.05) is 19.6 Å². The maximum absolute atomic E-state index is 11.5. The Labute approximate surface area is 110 Å². The number of ether oxygens (including phenoxy) is 1. The van der Waals surface area contributed by atoms with Gasteiger partial charge in [-0.3, -0.25) is 9.69 Å². The van der Waals surface area contributed by atoms with Gasteiger partial charge in [0.25, 0.3) is 0 Å². The largest absolute Gasteiger partial charge is 0.370 e. The number of rotatable bonds is 2. The first-order valence-electron chi connectivity index (χ1n) is 7.68. The van der Waals surface area contributed by atoms with Crippen molar-refractivity contribution in [3.8, 4) is 0 Å². The first kappa shape index (κ1) is 12.6. The van der Waals surface area contributed by atoms with Crippen LogP contribution < -0.4 is 0 Å². The molecule has 0 radical (unpaired) electrons. The fourth-order valence-electron chi connectivity index (χ4n) is 3.94. The molecule has 3 rings (SSSR count). The normalized spacial score (nSPS) is 33.1. The number of Topliss-reactive ketones (excluding diaryl/α,β-unsaturated/α-hetero) is 1. The highest BCUT2D eigenvalue weighted by molar-refractivity contribution is 5.81. The molecule has 1 atom stereocenters. The van der Waals surface area contributed by atoms with Gasteiger partial charge < -0.3 is 4.74 Å². The first-order valence-corrected chi connectivity index (χ1v) is 7.68. The first-order chi connectivity index (χ1) is 8.76. The van der Waals surface area contributed by atoms with Crippen molar-refractivity contribution >= 4 is 5.78 Å². The minimum absolute atomic E-state index is 0.225. The summed E-state index contributed by atoms with van der Waals surface area (Å²) >= 11 is 0. The lowest BCUT2D eigenvalue weighted by Gasteiger charge is -2.34. The number of carbonyl (C=O) groups excluding carboxylic acids is 1. The second kappa shape index (κ2) is 5.30. The third-order valence-electron chi connectivity index (χ3n) is 4.90. The SMILES string of the molecule is O=C1CCCN(CC2CCC3(CCCCC3)O2)C1. The fourth-order valence-corrected chi connectivity index (χ4v) is 3.94. The molecule has 0 aromatic carbocycles. The molecule has 3 nitrogen and oxygen atoms in total. The summed E-state index contributed by atoms with van der Waals surface area (Å²) in [4.78, 5) is 13.8. The van der Waals surface area contributed by atoms with Crippen LogP contribution in [0.2, 0.25) is 0 Å². The van der Waals surface area contributed by atoms with Gasteiger partial charge in [0.2, 0.25) is 0 Å². The summed E-state index contributed by atoms with van der Waals surface area (Å²) in [5.74, 6) is 0.409. The number of piperidine rings is 1. The molecule has 18 heavy (non-hydrogen) atoms. The molecule has 0 bridgehead atoms. The molecule has 0 N–H and O–H groups in total. The highest BCUT2D eigenvalue weighted by Gasteiger charge is 2.41. The smallest absolute Gasteiger partial charge is 0.146 e. The van der Waals surface area contributed by atoms with E-state index >= 15 is 0 Å². The van der Waals surface area contributed by atoms with E-state index in [0.717, 1.165) is 25.9 Å². The topological polar surface area (TPSA) is 29.5 Å². The monoisotopic (exact) mass is 251 g/mol. The molecule has 1 saturated carbocycles. The lowest BCUT2D eigenvalue weighted by Crippen LogP contribution is -2.41. The molecule has 1 aliphatic carbocycles. The van der Waals surface area contributed by atoms with E-state index in [9.17, 15) is 4.79 Å². The summed E-state index contributed by atoms with van der Waals surface area (Å²) in [6, 6.07) is 0. The van der Waals surface area contributed by atoms with Gasteiger partial charge in [-0.15, -0.1) is 0 Å². The molecule has 2 aliphatic heterocycles. The zero-order valence-corrected chi connectivity index (χ0v) is 11.3. The Bertz CT molecular complexity index is 310. The fraction of sp³-hybridized carbons (Fsp3) is 0.933. The van der Waals surface area contributed by atoms with Crippen molar-refractivity contribution in [2.45, 2.75) is 69.5 Å². The molecule has 0 amide bonds. The van der Waals surface area contributed by atoms with Gasteiger partial charge in [0.15, 0.2) is 0 Å². The molecule has 0 aromatic rings. The van der Waals surface area contributed by atoms with Crippen LogP contribution >= 0.6 is 0 Å². The number of carbonyl (C=O) groups is 1. The third kappa shape index (κ3) is 2.77. The van der Waals surface area contributed by atoms with Gasteiger partial charge >= 0.3 is 0 Å². The Morgan fingerprint density at radius 2 is 2.00 bits per heavy atom. The summed E-state index contributed by atoms with van der Waals surface area (Å²) in [6.07, 6.45) is 11.3. The second-order valence-electron chi connectivity index (χ2n) is 6.40. The van der Waals surface area contributed by atoms with Gasteiger partial charge in [-0.25, -0.2) is 0 Å². The van der Waals surface area contributed by atoms with Crippen molar-refractivity contribution in [1.29, 1.82) is 0 Å². The second-order valence-corrected chi connectivity index (χ2v) is 6.40. The van der Waals surface area contributed by atoms with Crippen LogP contribution in [0.25, 0.3) is 0 Å². The van der Waals surface area contributed by atoms with Crippen LogP contribution in [0.5, 0.6) is 0 Å². The maximum atomic E-state index is 11.5. The highest BCUT2D eigenvalue weighted by Crippen LogP contribution is 2.42. The van der Waals surface area contributed by atoms with E-state index < -0.39 is 0 Å². The molecule has 3 aliphatic rings. The van der Waals surface area contributed by atoms with Gasteiger partial charge in [0.1, 0.15) is 5.78 Å². The van der Waals surface area contributed by atoms with Gasteiger partial charge in [-0.05, 0) is 38.6 Å². The van der Waals surface area contributed by atoms with Gasteiger partial charge in [0.05, 0.1) is 18.2 Å². The number of ketones is 1. The third-order valence-corrected chi connectivity index (χ3v) is 4.90. The van der Waals surface area contributed by atoms with Crippen LogP contribution in [-0.4, -0.2) is 42.0 Å². The molecule has 1 unspecified atom stereocenters. The van der Waals surface area contributed by atoms with Crippen molar-refractivity contribution in [2.24, 2.45) is 0 Å². The predicted octanol–water partition coefficient (Wildman–Crippen LogP) is 2.53. The van der Waals surface area contributed by atoms with E-state index in [1.54, 1.807) is 0 Å². The van der Waals surface area contributed by atoms with Crippen LogP contribution in [0.1, 0.15) is 57.8 Å². The lowest BCUT2D eigenvalue weighted by atomic mass is 9.83. The summed E-state index contributed by atoms with van der Waals surface area (Å²) in [5.41, 5.74) is 0.225. The van der Waals surface area contributed by atoms with Crippen LogP contribution in [0.15, 0.2) is 0 Å². The van der Waals surface area contributed by atoms with Gasteiger partial charge in [-0.2, -0.15) is 0 Å². The summed E-state index contributed by atoms with van der Waals surface area (Å²) < 4.78 is 6.37. The van der Waals surface area contributed by atoms with E-state index in [4.69, 9.17) is 4.74 Å². The Balaban J connectivity index is 1.51. The molecule has 3 fully saturated rings. The molecule has 3 heteroatoms. The van der Waals surface area contributed by atoms with E-state index in [1.165, 1.54) is 44.9 Å². The molecule has 0 aromatic heterocycles. The molecule has 102 valence electrons. The minimum atomic E-state index is 0.225. The van der Waals surface area contributed by atoms with E-state index in [1.807, 2.05) is 0 Å². The average Bonchev–Trinajstić information content (AvgIpc) is 2.73. The number of hydrogen-bond acceptors (Lipinski definition) is 3. The van der Waals surface area contributed by atoms with Crippen molar-refractivity contribution in [1.82, 2.24) is 4.90 Å². The quantitative estimate of drug-likeness (QED) is 0.755. The van der Waals surface area contributed by atoms with E-state index in [2.05, 4.69) is 4.90 Å². The zero-order valence-electron chi connectivity index (χ0n) is 11.3. The average molecular weight is 251 g/mol. The van der Waals surface area contributed by atoms with Crippen LogP contribution in [0.3, 0.4) is 0 Å². The summed E-state index contributed by atoms with van der Waals surface area (Å²) in [7, 11) is 0.